The van der Waals surface area contributed by atoms with E-state index in [-0.39, 0.29) is 18.3 Å². The monoisotopic (exact) mass is 299 g/mol. The molecule has 21 heavy (non-hydrogen) atoms. The number of nitrogen functional groups attached to an aromatic ring is 1. The van der Waals surface area contributed by atoms with Crippen LogP contribution in [-0.2, 0) is 12.6 Å². The molecule has 0 atom stereocenters. The van der Waals surface area contributed by atoms with E-state index < -0.39 is 12.0 Å². The fourth-order valence-electron chi connectivity index (χ4n) is 1.51. The van der Waals surface area contributed by atoms with Gasteiger partial charge in [-0.15, -0.1) is 0 Å². The molecule has 0 saturated heterocycles. The summed E-state index contributed by atoms with van der Waals surface area (Å²) in [6.45, 7) is 0.134. The molecule has 112 valence electrons. The van der Waals surface area contributed by atoms with Crippen LogP contribution < -0.4 is 16.0 Å². The van der Waals surface area contributed by atoms with E-state index >= 15 is 0 Å². The number of pyridine rings is 1. The molecule has 6 nitrogen and oxygen atoms in total. The molecule has 2 rings (SSSR count). The molecule has 0 aliphatic heterocycles. The van der Waals surface area contributed by atoms with Gasteiger partial charge in [0.25, 0.3) is 0 Å². The van der Waals surface area contributed by atoms with Crippen LogP contribution in [0.25, 0.3) is 0 Å². The zero-order valence-electron chi connectivity index (χ0n) is 10.8. The molecule has 0 aliphatic rings. The summed E-state index contributed by atoms with van der Waals surface area (Å²) in [6.07, 6.45) is -2.61. The van der Waals surface area contributed by atoms with Crippen LogP contribution in [0, 0.1) is 0 Å². The number of alkyl halides is 3. The topological polar surface area (TPSA) is 86.0 Å². The van der Waals surface area contributed by atoms with Gasteiger partial charge in [0.05, 0.1) is 6.61 Å². The first kappa shape index (κ1) is 15.0. The number of anilines is 1. The highest BCUT2D eigenvalue weighted by Gasteiger charge is 2.35. The zero-order valence-corrected chi connectivity index (χ0v) is 10.8. The van der Waals surface area contributed by atoms with Crippen molar-refractivity contribution in [2.24, 2.45) is 5.84 Å². The highest BCUT2D eigenvalue weighted by atomic mass is 19.4. The van der Waals surface area contributed by atoms with Crippen LogP contribution in [0.15, 0.2) is 30.5 Å². The van der Waals surface area contributed by atoms with Crippen LogP contribution in [0.5, 0.6) is 5.88 Å². The van der Waals surface area contributed by atoms with Gasteiger partial charge in [-0.05, 0) is 12.1 Å². The molecule has 2 aromatic rings. The van der Waals surface area contributed by atoms with Crippen LogP contribution in [0.2, 0.25) is 0 Å². The lowest BCUT2D eigenvalue weighted by Crippen LogP contribution is -2.17. The highest BCUT2D eigenvalue weighted by Crippen LogP contribution is 2.28. The summed E-state index contributed by atoms with van der Waals surface area (Å²) < 4.78 is 43.0. The molecule has 3 N–H and O–H groups in total. The minimum Gasteiger partial charge on any atom is -0.477 e. The molecule has 0 spiro atoms. The lowest BCUT2D eigenvalue weighted by molar-refractivity contribution is -0.145. The van der Waals surface area contributed by atoms with E-state index in [0.717, 1.165) is 5.69 Å². The quantitative estimate of drug-likeness (QED) is 0.647. The van der Waals surface area contributed by atoms with Crippen molar-refractivity contribution in [2.45, 2.75) is 12.6 Å². The lowest BCUT2D eigenvalue weighted by Gasteiger charge is -2.10. The number of hydrogen-bond acceptors (Lipinski definition) is 6. The predicted octanol–water partition coefficient (Wildman–Crippen LogP) is 1.80. The Labute approximate surface area is 118 Å². The first-order chi connectivity index (χ1) is 9.99. The molecule has 0 aromatic carbocycles. The number of rotatable bonds is 5. The van der Waals surface area contributed by atoms with Gasteiger partial charge in [0, 0.05) is 24.4 Å². The van der Waals surface area contributed by atoms with Gasteiger partial charge in [0.15, 0.2) is 0 Å². The van der Waals surface area contributed by atoms with Crippen LogP contribution in [0.1, 0.15) is 11.5 Å². The van der Waals surface area contributed by atoms with Crippen molar-refractivity contribution < 1.29 is 17.9 Å². The molecule has 2 aromatic heterocycles. The smallest absolute Gasteiger partial charge is 0.451 e. The number of ether oxygens (including phenoxy) is 1. The fourth-order valence-corrected chi connectivity index (χ4v) is 1.51. The number of halogens is 3. The molecule has 0 aliphatic carbocycles. The molecule has 0 fully saturated rings. The Balaban J connectivity index is 2.05. The van der Waals surface area contributed by atoms with Crippen LogP contribution in [0.4, 0.5) is 19.0 Å². The van der Waals surface area contributed by atoms with Gasteiger partial charge >= 0.3 is 6.18 Å². The van der Waals surface area contributed by atoms with Crippen molar-refractivity contribution in [1.82, 2.24) is 15.0 Å². The third kappa shape index (κ3) is 4.28. The summed E-state index contributed by atoms with van der Waals surface area (Å²) in [5.41, 5.74) is 2.81. The van der Waals surface area contributed by atoms with E-state index in [4.69, 9.17) is 10.6 Å². The molecule has 0 bridgehead atoms. The summed E-state index contributed by atoms with van der Waals surface area (Å²) in [5, 5.41) is 0. The van der Waals surface area contributed by atoms with Gasteiger partial charge < -0.3 is 10.2 Å². The maximum atomic E-state index is 12.6. The Bertz CT molecular complexity index is 591. The number of hydrogen-bond donors (Lipinski definition) is 2. The van der Waals surface area contributed by atoms with Gasteiger partial charge in [-0.1, -0.05) is 6.07 Å². The Morgan fingerprint density at radius 1 is 1.24 bits per heavy atom. The average molecular weight is 299 g/mol. The van der Waals surface area contributed by atoms with Gasteiger partial charge in [-0.2, -0.15) is 18.2 Å². The van der Waals surface area contributed by atoms with E-state index in [9.17, 15) is 13.2 Å². The van der Waals surface area contributed by atoms with Gasteiger partial charge in [0.2, 0.25) is 11.7 Å². The number of hydrazine groups is 1. The molecular weight excluding hydrogens is 287 g/mol. The van der Waals surface area contributed by atoms with Crippen LogP contribution in [0.3, 0.4) is 0 Å². The predicted molar refractivity (Wildman–Crippen MR) is 68.3 cm³/mol. The second-order valence-corrected chi connectivity index (χ2v) is 3.98. The van der Waals surface area contributed by atoms with Crippen molar-refractivity contribution in [2.75, 3.05) is 12.0 Å². The molecule has 0 unspecified atom stereocenters. The maximum Gasteiger partial charge on any atom is 0.451 e. The largest absolute Gasteiger partial charge is 0.477 e. The molecule has 2 heterocycles. The van der Waals surface area contributed by atoms with Crippen LogP contribution in [-0.4, -0.2) is 21.6 Å². The molecule has 0 radical (unpaired) electrons. The van der Waals surface area contributed by atoms with E-state index in [2.05, 4.69) is 15.0 Å². The minimum atomic E-state index is -4.67. The van der Waals surface area contributed by atoms with Gasteiger partial charge in [-0.25, -0.2) is 10.8 Å². The standard InChI is InChI=1S/C12H12F3N5O/c13-12(14,15)11-18-9(20-16)7-10(19-11)21-6-4-8-3-1-2-5-17-8/h1-3,5,7H,4,6,16H2,(H,18,19,20). The summed E-state index contributed by atoms with van der Waals surface area (Å²) in [5.74, 6) is 3.38. The van der Waals surface area contributed by atoms with Crippen molar-refractivity contribution in [3.63, 3.8) is 0 Å². The normalized spacial score (nSPS) is 11.2. The molecule has 9 heteroatoms. The molecule has 0 saturated carbocycles. The van der Waals surface area contributed by atoms with Crippen molar-refractivity contribution in [3.05, 3.63) is 42.0 Å². The third-order valence-corrected chi connectivity index (χ3v) is 2.44. The minimum absolute atomic E-state index is 0.134. The maximum absolute atomic E-state index is 12.6. The van der Waals surface area contributed by atoms with E-state index in [1.165, 1.54) is 6.07 Å². The van der Waals surface area contributed by atoms with Gasteiger partial charge in [0.1, 0.15) is 5.82 Å². The summed E-state index contributed by atoms with van der Waals surface area (Å²) in [4.78, 5) is 10.6. The number of aromatic nitrogens is 3. The first-order valence-electron chi connectivity index (χ1n) is 5.94. The van der Waals surface area contributed by atoms with E-state index in [1.54, 1.807) is 18.3 Å². The van der Waals surface area contributed by atoms with Crippen molar-refractivity contribution >= 4 is 5.82 Å². The first-order valence-corrected chi connectivity index (χ1v) is 5.94. The van der Waals surface area contributed by atoms with Crippen molar-refractivity contribution in [3.8, 4) is 5.88 Å². The summed E-state index contributed by atoms with van der Waals surface area (Å²) >= 11 is 0. The fraction of sp³-hybridized carbons (Fsp3) is 0.250. The molecular formula is C12H12F3N5O. The lowest BCUT2D eigenvalue weighted by atomic mass is 10.3. The summed E-state index contributed by atoms with van der Waals surface area (Å²) in [6, 6.07) is 6.56. The third-order valence-electron chi connectivity index (χ3n) is 2.44. The highest BCUT2D eigenvalue weighted by molar-refractivity contribution is 5.37. The average Bonchev–Trinajstić information content (AvgIpc) is 2.47. The Kier molecular flexibility index (Phi) is 4.53. The SMILES string of the molecule is NNc1cc(OCCc2ccccn2)nc(C(F)(F)F)n1. The molecule has 0 amide bonds. The Morgan fingerprint density at radius 2 is 2.05 bits per heavy atom. The number of nitrogens with one attached hydrogen (secondary N) is 1. The second-order valence-electron chi connectivity index (χ2n) is 3.98. The Morgan fingerprint density at radius 3 is 2.67 bits per heavy atom. The Hall–Kier alpha value is -2.42. The van der Waals surface area contributed by atoms with Crippen LogP contribution >= 0.6 is 0 Å². The number of nitrogens with two attached hydrogens (primary N) is 1. The zero-order chi connectivity index (χ0) is 15.3. The van der Waals surface area contributed by atoms with E-state index in [1.807, 2.05) is 11.5 Å². The van der Waals surface area contributed by atoms with Crippen molar-refractivity contribution in [1.29, 1.82) is 0 Å². The van der Waals surface area contributed by atoms with Gasteiger partial charge in [-0.3, -0.25) is 4.98 Å². The second kappa shape index (κ2) is 6.35. The number of nitrogens with zero attached hydrogens (tertiary/aromatic N) is 3. The van der Waals surface area contributed by atoms with E-state index in [0.29, 0.717) is 6.42 Å². The summed E-state index contributed by atoms with van der Waals surface area (Å²) in [7, 11) is 0.